The van der Waals surface area contributed by atoms with Gasteiger partial charge < -0.3 is 4.84 Å². The van der Waals surface area contributed by atoms with Crippen LogP contribution in [0, 0.1) is 6.92 Å². The Morgan fingerprint density at radius 1 is 1.17 bits per heavy atom. The van der Waals surface area contributed by atoms with E-state index < -0.39 is 0 Å². The SMILES string of the molecule is Cc1cccc(CON=Cc2c(-c3ccc(Cl)cc3)nc3sc4c(n23)CCCC4)c1. The first-order chi connectivity index (χ1) is 14.7. The molecule has 0 amide bonds. The molecule has 0 atom stereocenters. The Balaban J connectivity index is 1.51. The molecule has 2 aromatic heterocycles. The molecule has 4 nitrogen and oxygen atoms in total. The van der Waals surface area contributed by atoms with Crippen molar-refractivity contribution in [1.82, 2.24) is 9.38 Å². The smallest absolute Gasteiger partial charge is 0.195 e. The Labute approximate surface area is 184 Å². The van der Waals surface area contributed by atoms with E-state index in [1.165, 1.54) is 29.0 Å². The van der Waals surface area contributed by atoms with E-state index in [0.29, 0.717) is 11.6 Å². The summed E-state index contributed by atoms with van der Waals surface area (Å²) in [6.07, 6.45) is 6.50. The van der Waals surface area contributed by atoms with Crippen molar-refractivity contribution in [2.45, 2.75) is 39.2 Å². The zero-order chi connectivity index (χ0) is 20.5. The second-order valence-electron chi connectivity index (χ2n) is 7.65. The van der Waals surface area contributed by atoms with Crippen LogP contribution >= 0.6 is 22.9 Å². The molecular weight excluding hydrogens is 414 g/mol. The Bertz CT molecular complexity index is 1220. The molecule has 0 fully saturated rings. The predicted molar refractivity (Wildman–Crippen MR) is 124 cm³/mol. The van der Waals surface area contributed by atoms with Gasteiger partial charge in [0.1, 0.15) is 6.61 Å². The van der Waals surface area contributed by atoms with Crippen molar-refractivity contribution in [1.29, 1.82) is 0 Å². The zero-order valence-electron chi connectivity index (χ0n) is 16.8. The van der Waals surface area contributed by atoms with Gasteiger partial charge in [0.05, 0.1) is 17.6 Å². The first-order valence-corrected chi connectivity index (χ1v) is 11.4. The van der Waals surface area contributed by atoms with E-state index in [1.807, 2.05) is 36.4 Å². The molecule has 1 aliphatic carbocycles. The van der Waals surface area contributed by atoms with Gasteiger partial charge in [-0.15, -0.1) is 11.3 Å². The number of nitrogens with zero attached hydrogens (tertiary/aromatic N) is 3. The quantitative estimate of drug-likeness (QED) is 0.266. The highest BCUT2D eigenvalue weighted by molar-refractivity contribution is 7.17. The molecule has 0 saturated heterocycles. The highest BCUT2D eigenvalue weighted by atomic mass is 35.5. The number of rotatable bonds is 5. The number of fused-ring (bicyclic) bond motifs is 3. The molecule has 0 radical (unpaired) electrons. The van der Waals surface area contributed by atoms with Crippen molar-refractivity contribution in [3.05, 3.63) is 80.9 Å². The van der Waals surface area contributed by atoms with Crippen LogP contribution in [0.15, 0.2) is 53.7 Å². The fourth-order valence-corrected chi connectivity index (χ4v) is 5.34. The minimum atomic E-state index is 0.443. The molecule has 0 spiro atoms. The molecule has 0 saturated carbocycles. The zero-order valence-corrected chi connectivity index (χ0v) is 18.3. The summed E-state index contributed by atoms with van der Waals surface area (Å²) in [7, 11) is 0. The van der Waals surface area contributed by atoms with Gasteiger partial charge in [-0.05, 0) is 50.3 Å². The Kier molecular flexibility index (Phi) is 5.32. The van der Waals surface area contributed by atoms with Gasteiger partial charge in [0.2, 0.25) is 0 Å². The van der Waals surface area contributed by atoms with Crippen LogP contribution in [0.25, 0.3) is 16.2 Å². The minimum Gasteiger partial charge on any atom is -0.391 e. The van der Waals surface area contributed by atoms with Gasteiger partial charge >= 0.3 is 0 Å². The summed E-state index contributed by atoms with van der Waals surface area (Å²) in [6.45, 7) is 2.52. The molecule has 152 valence electrons. The first-order valence-electron chi connectivity index (χ1n) is 10.2. The number of aryl methyl sites for hydroxylation is 3. The largest absolute Gasteiger partial charge is 0.391 e. The lowest BCUT2D eigenvalue weighted by molar-refractivity contribution is 0.132. The third-order valence-corrected chi connectivity index (χ3v) is 6.83. The molecule has 0 unspecified atom stereocenters. The van der Waals surface area contributed by atoms with E-state index in [0.717, 1.165) is 40.3 Å². The van der Waals surface area contributed by atoms with Gasteiger partial charge in [0.25, 0.3) is 0 Å². The van der Waals surface area contributed by atoms with Gasteiger partial charge in [-0.2, -0.15) is 0 Å². The molecule has 2 aromatic carbocycles. The minimum absolute atomic E-state index is 0.443. The summed E-state index contributed by atoms with van der Waals surface area (Å²) < 4.78 is 2.27. The summed E-state index contributed by atoms with van der Waals surface area (Å²) in [5, 5.41) is 5.03. The second-order valence-corrected chi connectivity index (χ2v) is 9.15. The standard InChI is InChI=1S/C24H22ClN3OS/c1-16-5-4-6-17(13-16)15-29-26-14-21-23(18-9-11-19(25)12-10-18)27-24-28(21)20-7-2-3-8-22(20)30-24/h4-6,9-14H,2-3,7-8,15H2,1H3. The number of halogens is 1. The van der Waals surface area contributed by atoms with Gasteiger partial charge in [0, 0.05) is 21.2 Å². The number of thiazole rings is 1. The van der Waals surface area contributed by atoms with Crippen LogP contribution in [0.1, 0.15) is 40.2 Å². The van der Waals surface area contributed by atoms with Crippen LogP contribution in [-0.2, 0) is 24.3 Å². The second kappa shape index (κ2) is 8.25. The van der Waals surface area contributed by atoms with Crippen LogP contribution in [0.2, 0.25) is 5.02 Å². The van der Waals surface area contributed by atoms with Crippen LogP contribution in [-0.4, -0.2) is 15.6 Å². The predicted octanol–water partition coefficient (Wildman–Crippen LogP) is 6.45. The third-order valence-electron chi connectivity index (χ3n) is 5.44. The monoisotopic (exact) mass is 435 g/mol. The number of aromatic nitrogens is 2. The third kappa shape index (κ3) is 3.75. The van der Waals surface area contributed by atoms with Crippen molar-refractivity contribution < 1.29 is 4.84 Å². The molecule has 4 aromatic rings. The maximum atomic E-state index is 6.09. The molecule has 6 heteroatoms. The average Bonchev–Trinajstić information content (AvgIpc) is 3.28. The summed E-state index contributed by atoms with van der Waals surface area (Å²) in [5.41, 5.74) is 6.60. The molecular formula is C24H22ClN3OS. The Morgan fingerprint density at radius 2 is 2.00 bits per heavy atom. The van der Waals surface area contributed by atoms with Crippen molar-refractivity contribution in [3.63, 3.8) is 0 Å². The molecule has 2 heterocycles. The van der Waals surface area contributed by atoms with Crippen molar-refractivity contribution in [3.8, 4) is 11.3 Å². The summed E-state index contributed by atoms with van der Waals surface area (Å²) in [5.74, 6) is 0. The Hall–Kier alpha value is -2.63. The maximum absolute atomic E-state index is 6.09. The normalized spacial score (nSPS) is 13.8. The molecule has 5 rings (SSSR count). The highest BCUT2D eigenvalue weighted by Crippen LogP contribution is 2.34. The van der Waals surface area contributed by atoms with E-state index in [-0.39, 0.29) is 0 Å². The summed E-state index contributed by atoms with van der Waals surface area (Å²) in [4.78, 5) is 13.1. The van der Waals surface area contributed by atoms with Crippen LogP contribution < -0.4 is 0 Å². The number of imidazole rings is 1. The first kappa shape index (κ1) is 19.3. The molecule has 0 N–H and O–H groups in total. The van der Waals surface area contributed by atoms with Crippen LogP contribution in [0.3, 0.4) is 0 Å². The topological polar surface area (TPSA) is 38.9 Å². The molecule has 1 aliphatic rings. The maximum Gasteiger partial charge on any atom is 0.195 e. The van der Waals surface area contributed by atoms with Crippen LogP contribution in [0.5, 0.6) is 0 Å². The van der Waals surface area contributed by atoms with Gasteiger partial charge in [0.15, 0.2) is 4.96 Å². The van der Waals surface area contributed by atoms with Gasteiger partial charge in [-0.1, -0.05) is 58.7 Å². The van der Waals surface area contributed by atoms with E-state index in [9.17, 15) is 0 Å². The number of hydrogen-bond acceptors (Lipinski definition) is 4. The number of hydrogen-bond donors (Lipinski definition) is 0. The molecule has 0 bridgehead atoms. The van der Waals surface area contributed by atoms with E-state index >= 15 is 0 Å². The lowest BCUT2D eigenvalue weighted by Gasteiger charge is -2.11. The van der Waals surface area contributed by atoms with Crippen molar-refractivity contribution in [2.75, 3.05) is 0 Å². The fourth-order valence-electron chi connectivity index (χ4n) is 4.00. The number of benzene rings is 2. The molecule has 0 aliphatic heterocycles. The van der Waals surface area contributed by atoms with E-state index in [1.54, 1.807) is 17.6 Å². The Morgan fingerprint density at radius 3 is 2.83 bits per heavy atom. The number of oxime groups is 1. The average molecular weight is 436 g/mol. The van der Waals surface area contributed by atoms with Crippen LogP contribution in [0.4, 0.5) is 0 Å². The lowest BCUT2D eigenvalue weighted by Crippen LogP contribution is -2.05. The van der Waals surface area contributed by atoms with E-state index in [4.69, 9.17) is 21.4 Å². The molecule has 30 heavy (non-hydrogen) atoms. The van der Waals surface area contributed by atoms with Crippen molar-refractivity contribution >= 4 is 34.1 Å². The van der Waals surface area contributed by atoms with Crippen molar-refractivity contribution in [2.24, 2.45) is 5.16 Å². The van der Waals surface area contributed by atoms with Gasteiger partial charge in [-0.25, -0.2) is 4.98 Å². The lowest BCUT2D eigenvalue weighted by atomic mass is 10.0. The summed E-state index contributed by atoms with van der Waals surface area (Å²) >= 11 is 7.89. The summed E-state index contributed by atoms with van der Waals surface area (Å²) in [6, 6.07) is 16.1. The van der Waals surface area contributed by atoms with E-state index in [2.05, 4.69) is 28.6 Å². The fraction of sp³-hybridized carbons (Fsp3) is 0.250. The van der Waals surface area contributed by atoms with Gasteiger partial charge in [-0.3, -0.25) is 4.40 Å². The highest BCUT2D eigenvalue weighted by Gasteiger charge is 2.22.